The summed E-state index contributed by atoms with van der Waals surface area (Å²) >= 11 is 0. The fraction of sp³-hybridized carbons (Fsp3) is 0.333. The van der Waals surface area contributed by atoms with Crippen molar-refractivity contribution in [1.82, 2.24) is 10.2 Å². The summed E-state index contributed by atoms with van der Waals surface area (Å²) in [6, 6.07) is 24.9. The molecule has 0 radical (unpaired) electrons. The fourth-order valence-corrected chi connectivity index (χ4v) is 4.94. The van der Waals surface area contributed by atoms with E-state index in [4.69, 9.17) is 0 Å². The van der Waals surface area contributed by atoms with Crippen LogP contribution in [-0.4, -0.2) is 50.0 Å². The molecule has 202 valence electrons. The molecule has 0 aromatic heterocycles. The molecule has 0 aliphatic heterocycles. The highest BCUT2D eigenvalue weighted by molar-refractivity contribution is 7.92. The van der Waals surface area contributed by atoms with E-state index in [-0.39, 0.29) is 18.5 Å². The fourth-order valence-electron chi connectivity index (χ4n) is 4.09. The maximum atomic E-state index is 14.0. The minimum Gasteiger partial charge on any atom is -0.352 e. The molecule has 0 fully saturated rings. The molecule has 8 heteroatoms. The molecular formula is C30H37N3O4S. The van der Waals surface area contributed by atoms with Gasteiger partial charge in [-0.1, -0.05) is 85.3 Å². The van der Waals surface area contributed by atoms with Crippen LogP contribution in [0.1, 0.15) is 37.0 Å². The second kappa shape index (κ2) is 13.2. The molecule has 2 amide bonds. The summed E-state index contributed by atoms with van der Waals surface area (Å²) in [6.07, 6.45) is 2.12. The van der Waals surface area contributed by atoms with Crippen LogP contribution in [0.15, 0.2) is 84.9 Å². The lowest BCUT2D eigenvalue weighted by molar-refractivity contribution is -0.140. The SMILES string of the molecule is CC[C@H](C)NC(=O)[C@H](Cc1ccccc1)N(Cc1ccc(C)cc1)C(=O)CN(c1ccccc1)S(C)(=O)=O. The predicted molar refractivity (Wildman–Crippen MR) is 152 cm³/mol. The molecule has 0 unspecified atom stereocenters. The summed E-state index contributed by atoms with van der Waals surface area (Å²) in [7, 11) is -3.77. The van der Waals surface area contributed by atoms with Gasteiger partial charge in [0.15, 0.2) is 0 Å². The van der Waals surface area contributed by atoms with E-state index in [2.05, 4.69) is 5.32 Å². The highest BCUT2D eigenvalue weighted by atomic mass is 32.2. The van der Waals surface area contributed by atoms with E-state index in [1.807, 2.05) is 75.4 Å². The van der Waals surface area contributed by atoms with Crippen molar-refractivity contribution in [3.8, 4) is 0 Å². The van der Waals surface area contributed by atoms with Crippen molar-refractivity contribution in [3.63, 3.8) is 0 Å². The molecule has 3 aromatic carbocycles. The Hall–Kier alpha value is -3.65. The standard InChI is InChI=1S/C30H37N3O4S/c1-5-24(3)31-30(35)28(20-25-12-8-6-9-13-25)32(21-26-18-16-23(2)17-19-26)29(34)22-33(38(4,36)37)27-14-10-7-11-15-27/h6-19,24,28H,5,20-22H2,1-4H3,(H,31,35)/t24-,28-/m0/s1. The van der Waals surface area contributed by atoms with Gasteiger partial charge in [-0.3, -0.25) is 13.9 Å². The number of nitrogens with one attached hydrogen (secondary N) is 1. The third-order valence-corrected chi connectivity index (χ3v) is 7.61. The summed E-state index contributed by atoms with van der Waals surface area (Å²) in [5.41, 5.74) is 3.22. The monoisotopic (exact) mass is 535 g/mol. The van der Waals surface area contributed by atoms with Gasteiger partial charge < -0.3 is 10.2 Å². The van der Waals surface area contributed by atoms with E-state index in [0.717, 1.165) is 33.7 Å². The molecular weight excluding hydrogens is 498 g/mol. The Bertz CT molecular complexity index is 1300. The van der Waals surface area contributed by atoms with Crippen molar-refractivity contribution in [2.24, 2.45) is 0 Å². The van der Waals surface area contributed by atoms with Crippen LogP contribution in [0.2, 0.25) is 0 Å². The van der Waals surface area contributed by atoms with Crippen molar-refractivity contribution in [1.29, 1.82) is 0 Å². The van der Waals surface area contributed by atoms with Gasteiger partial charge in [-0.2, -0.15) is 0 Å². The first-order valence-electron chi connectivity index (χ1n) is 12.8. The molecule has 2 atom stereocenters. The van der Waals surface area contributed by atoms with E-state index in [9.17, 15) is 18.0 Å². The van der Waals surface area contributed by atoms with Crippen LogP contribution in [0.5, 0.6) is 0 Å². The number of rotatable bonds is 12. The third kappa shape index (κ3) is 8.18. The van der Waals surface area contributed by atoms with Gasteiger partial charge in [-0.05, 0) is 43.5 Å². The number of carbonyl (C=O) groups is 2. The number of sulfonamides is 1. The Balaban J connectivity index is 2.03. The molecule has 0 aliphatic rings. The van der Waals surface area contributed by atoms with Gasteiger partial charge in [0.05, 0.1) is 11.9 Å². The lowest BCUT2D eigenvalue weighted by Crippen LogP contribution is -2.54. The number of hydrogen-bond donors (Lipinski definition) is 1. The highest BCUT2D eigenvalue weighted by Crippen LogP contribution is 2.20. The summed E-state index contributed by atoms with van der Waals surface area (Å²) < 4.78 is 26.6. The van der Waals surface area contributed by atoms with Crippen LogP contribution < -0.4 is 9.62 Å². The second-order valence-electron chi connectivity index (χ2n) is 9.64. The van der Waals surface area contributed by atoms with Gasteiger partial charge in [-0.15, -0.1) is 0 Å². The number of benzene rings is 3. The number of anilines is 1. The average Bonchev–Trinajstić information content (AvgIpc) is 2.90. The van der Waals surface area contributed by atoms with Gasteiger partial charge in [0, 0.05) is 19.0 Å². The van der Waals surface area contributed by atoms with Crippen LogP contribution in [0, 0.1) is 6.92 Å². The van der Waals surface area contributed by atoms with Gasteiger partial charge in [0.25, 0.3) is 0 Å². The topological polar surface area (TPSA) is 86.8 Å². The first kappa shape index (κ1) is 28.9. The van der Waals surface area contributed by atoms with Crippen molar-refractivity contribution in [3.05, 3.63) is 102 Å². The summed E-state index contributed by atoms with van der Waals surface area (Å²) in [4.78, 5) is 29.1. The van der Waals surface area contributed by atoms with Crippen molar-refractivity contribution in [2.75, 3.05) is 17.1 Å². The number of aryl methyl sites for hydroxylation is 1. The number of carbonyl (C=O) groups excluding carboxylic acids is 2. The molecule has 0 saturated heterocycles. The maximum Gasteiger partial charge on any atom is 0.244 e. The summed E-state index contributed by atoms with van der Waals surface area (Å²) in [5.74, 6) is -0.727. The van der Waals surface area contributed by atoms with Crippen molar-refractivity contribution < 1.29 is 18.0 Å². The molecule has 7 nitrogen and oxygen atoms in total. The predicted octanol–water partition coefficient (Wildman–Crippen LogP) is 4.32. The molecule has 0 saturated carbocycles. The highest BCUT2D eigenvalue weighted by Gasteiger charge is 2.33. The molecule has 38 heavy (non-hydrogen) atoms. The van der Waals surface area contributed by atoms with Crippen molar-refractivity contribution >= 4 is 27.5 Å². The van der Waals surface area contributed by atoms with Crippen molar-refractivity contribution in [2.45, 2.75) is 52.2 Å². The molecule has 0 aliphatic carbocycles. The molecule has 1 N–H and O–H groups in total. The van der Waals surface area contributed by atoms with E-state index in [0.29, 0.717) is 12.1 Å². The number of amides is 2. The minimum atomic E-state index is -3.77. The zero-order chi connectivity index (χ0) is 27.7. The first-order valence-corrected chi connectivity index (χ1v) is 14.7. The Morgan fingerprint density at radius 3 is 2.00 bits per heavy atom. The average molecular weight is 536 g/mol. The Labute approximate surface area is 226 Å². The van der Waals surface area contributed by atoms with Crippen LogP contribution in [-0.2, 0) is 32.6 Å². The van der Waals surface area contributed by atoms with Crippen LogP contribution >= 0.6 is 0 Å². The lowest BCUT2D eigenvalue weighted by Gasteiger charge is -2.34. The van der Waals surface area contributed by atoms with E-state index in [1.165, 1.54) is 4.90 Å². The van der Waals surface area contributed by atoms with Crippen LogP contribution in [0.4, 0.5) is 5.69 Å². The maximum absolute atomic E-state index is 14.0. The van der Waals surface area contributed by atoms with E-state index >= 15 is 0 Å². The number of para-hydroxylation sites is 1. The Morgan fingerprint density at radius 1 is 0.868 bits per heavy atom. The second-order valence-corrected chi connectivity index (χ2v) is 11.5. The Morgan fingerprint density at radius 2 is 1.45 bits per heavy atom. The zero-order valence-corrected chi connectivity index (χ0v) is 23.3. The Kier molecular flexibility index (Phi) is 10.1. The van der Waals surface area contributed by atoms with Gasteiger partial charge in [0.1, 0.15) is 12.6 Å². The quantitative estimate of drug-likeness (QED) is 0.374. The summed E-state index contributed by atoms with van der Waals surface area (Å²) in [5, 5.41) is 3.03. The van der Waals surface area contributed by atoms with E-state index < -0.39 is 28.5 Å². The summed E-state index contributed by atoms with van der Waals surface area (Å²) in [6.45, 7) is 5.63. The van der Waals surface area contributed by atoms with Crippen LogP contribution in [0.25, 0.3) is 0 Å². The molecule has 0 spiro atoms. The third-order valence-electron chi connectivity index (χ3n) is 6.47. The first-order chi connectivity index (χ1) is 18.1. The lowest BCUT2D eigenvalue weighted by atomic mass is 10.0. The molecule has 0 bridgehead atoms. The zero-order valence-electron chi connectivity index (χ0n) is 22.5. The number of nitrogens with zero attached hydrogens (tertiary/aromatic N) is 2. The normalized spacial score (nSPS) is 12.8. The van der Waals surface area contributed by atoms with Gasteiger partial charge >= 0.3 is 0 Å². The largest absolute Gasteiger partial charge is 0.352 e. The molecule has 3 aromatic rings. The molecule has 3 rings (SSSR count). The number of hydrogen-bond acceptors (Lipinski definition) is 4. The van der Waals surface area contributed by atoms with Gasteiger partial charge in [-0.25, -0.2) is 8.42 Å². The minimum absolute atomic E-state index is 0.0751. The van der Waals surface area contributed by atoms with Crippen LogP contribution in [0.3, 0.4) is 0 Å². The van der Waals surface area contributed by atoms with Gasteiger partial charge in [0.2, 0.25) is 21.8 Å². The smallest absolute Gasteiger partial charge is 0.244 e. The van der Waals surface area contributed by atoms with E-state index in [1.54, 1.807) is 30.3 Å². The molecule has 0 heterocycles.